The van der Waals surface area contributed by atoms with Crippen LogP contribution in [0, 0.1) is 18.8 Å². The molecule has 0 saturated carbocycles. The minimum absolute atomic E-state index is 0.0197. The smallest absolute Gasteiger partial charge is 0.468 e. The van der Waals surface area contributed by atoms with Crippen LogP contribution in [0.1, 0.15) is 112 Å². The molecule has 34 heteroatoms. The third-order valence-corrected chi connectivity index (χ3v) is 28.0. The number of nitrogens with one attached hydrogen (secondary N) is 2. The number of fused-ring (bicyclic) bond motifs is 3. The SMILES string of the molecule is C=CCn1c(=O)n([C@@H]2O[C@H](CC)[C@@H](C)C2O[Si](CC)(CC)CC)c2nc(N)[nH]c(=O)c21.C=CCn1c(=O)n([C@@H]2O[C@H](CC)[C@@H](C)C2O[Si](CC)(CC)CC)c2nc(N)nc(OCc3oc(=O)oc3C)c21.C=CCn1c(=O)n([C@@H]2O[C@H](CO)[C@@H](O)[C@H]2O)c2nc(N)[nH]c(=O)c21. The number of ether oxygens (including phenoxy) is 4. The Morgan fingerprint density at radius 2 is 0.957 bits per heavy atom. The van der Waals surface area contributed by atoms with Gasteiger partial charge < -0.3 is 69.2 Å². The summed E-state index contributed by atoms with van der Waals surface area (Å²) in [4.78, 5) is 98.2. The van der Waals surface area contributed by atoms with Gasteiger partial charge in [0.25, 0.3) is 11.1 Å². The molecule has 7 aromatic rings. The van der Waals surface area contributed by atoms with E-state index in [-0.39, 0.29) is 137 Å². The molecule has 94 heavy (non-hydrogen) atoms. The molecule has 3 aliphatic heterocycles. The van der Waals surface area contributed by atoms with Crippen LogP contribution >= 0.6 is 0 Å². The van der Waals surface area contributed by atoms with Crippen molar-refractivity contribution in [3.63, 3.8) is 0 Å². The molecule has 3 aliphatic rings. The Morgan fingerprint density at radius 1 is 0.564 bits per heavy atom. The summed E-state index contributed by atoms with van der Waals surface area (Å²) >= 11 is 0. The number of aliphatic hydroxyl groups is 3. The molecule has 10 rings (SSSR count). The highest BCUT2D eigenvalue weighted by atomic mass is 28.4. The van der Waals surface area contributed by atoms with Crippen LogP contribution in [0.4, 0.5) is 17.8 Å². The third kappa shape index (κ3) is 13.4. The lowest BCUT2D eigenvalue weighted by Crippen LogP contribution is -2.45. The van der Waals surface area contributed by atoms with Crippen LogP contribution in [0.5, 0.6) is 5.88 Å². The number of aromatic amines is 2. The number of hydrogen-bond donors (Lipinski definition) is 8. The van der Waals surface area contributed by atoms with Gasteiger partial charge in [-0.25, -0.2) is 32.9 Å². The molecule has 11 N–H and O–H groups in total. The topological polar surface area (TPSA) is 436 Å². The fraction of sp³-hybridized carbons (Fsp3) is 0.600. The summed E-state index contributed by atoms with van der Waals surface area (Å²) in [6.45, 7) is 33.7. The number of nitrogen functional groups attached to an aromatic ring is 3. The fourth-order valence-electron chi connectivity index (χ4n) is 12.9. The summed E-state index contributed by atoms with van der Waals surface area (Å²) in [6.07, 6.45) is -1.31. The summed E-state index contributed by atoms with van der Waals surface area (Å²) in [5.41, 5.74) is 15.8. The molecule has 32 nitrogen and oxygen atoms in total. The molecule has 3 fully saturated rings. The number of H-pyrrole nitrogens is 2. The maximum absolute atomic E-state index is 14.0. The van der Waals surface area contributed by atoms with Crippen LogP contribution in [0.15, 0.2) is 75.6 Å². The number of aliphatic hydroxyl groups excluding tert-OH is 3. The minimum atomic E-state index is -2.06. The van der Waals surface area contributed by atoms with Crippen molar-refractivity contribution >= 4 is 68.0 Å². The average molecular weight is 1350 g/mol. The van der Waals surface area contributed by atoms with Gasteiger partial charge in [-0.05, 0) is 56.0 Å². The van der Waals surface area contributed by atoms with Crippen LogP contribution in [0.3, 0.4) is 0 Å². The lowest BCUT2D eigenvalue weighted by Gasteiger charge is -2.35. The van der Waals surface area contributed by atoms with E-state index in [1.54, 1.807) is 19.1 Å². The Hall–Kier alpha value is -7.81. The molecule has 10 heterocycles. The molecule has 3 saturated heterocycles. The third-order valence-electron chi connectivity index (χ3n) is 18.7. The highest BCUT2D eigenvalue weighted by molar-refractivity contribution is 6.74. The van der Waals surface area contributed by atoms with Crippen molar-refractivity contribution in [1.29, 1.82) is 0 Å². The molecule has 0 radical (unpaired) electrons. The summed E-state index contributed by atoms with van der Waals surface area (Å²) in [5.74, 6) is -0.471. The second-order valence-electron chi connectivity index (χ2n) is 23.7. The molecule has 0 amide bonds. The summed E-state index contributed by atoms with van der Waals surface area (Å²) < 4.78 is 55.9. The van der Waals surface area contributed by atoms with Crippen molar-refractivity contribution in [2.24, 2.45) is 11.8 Å². The van der Waals surface area contributed by atoms with Crippen molar-refractivity contribution in [2.75, 3.05) is 23.8 Å². The minimum Gasteiger partial charge on any atom is -0.468 e. The highest BCUT2D eigenvalue weighted by Crippen LogP contribution is 2.44. The van der Waals surface area contributed by atoms with E-state index in [9.17, 15) is 44.1 Å². The van der Waals surface area contributed by atoms with E-state index in [1.165, 1.54) is 24.3 Å². The number of imidazole rings is 3. The lowest BCUT2D eigenvalue weighted by molar-refractivity contribution is -0.0527. The molecule has 0 aromatic carbocycles. The monoisotopic (exact) mass is 1350 g/mol. The van der Waals surface area contributed by atoms with Gasteiger partial charge in [0.1, 0.15) is 18.3 Å². The van der Waals surface area contributed by atoms with Crippen molar-refractivity contribution in [2.45, 2.75) is 213 Å². The highest BCUT2D eigenvalue weighted by Gasteiger charge is 2.51. The average Bonchev–Trinajstić information content (AvgIpc) is 1.60. The van der Waals surface area contributed by atoms with E-state index >= 15 is 0 Å². The Morgan fingerprint density at radius 3 is 1.32 bits per heavy atom. The number of anilines is 3. The molecule has 2 unspecified atom stereocenters. The Balaban J connectivity index is 0.000000186. The zero-order valence-corrected chi connectivity index (χ0v) is 57.2. The molecule has 12 atom stereocenters. The predicted octanol–water partition coefficient (Wildman–Crippen LogP) is 4.38. The number of nitrogens with two attached hydrogens (primary N) is 3. The van der Waals surface area contributed by atoms with Gasteiger partial charge in [-0.3, -0.25) is 33.3 Å². The first-order valence-electron chi connectivity index (χ1n) is 31.9. The van der Waals surface area contributed by atoms with Crippen molar-refractivity contribution in [3.8, 4) is 5.88 Å². The van der Waals surface area contributed by atoms with Gasteiger partial charge in [0.05, 0.1) is 31.0 Å². The van der Waals surface area contributed by atoms with Crippen LogP contribution < -0.4 is 55.9 Å². The van der Waals surface area contributed by atoms with Crippen molar-refractivity contribution < 1.29 is 52.0 Å². The zero-order valence-electron chi connectivity index (χ0n) is 55.2. The van der Waals surface area contributed by atoms with E-state index < -0.39 is 82.9 Å². The number of aryl methyl sites for hydroxylation is 1. The van der Waals surface area contributed by atoms with E-state index in [2.05, 4.69) is 119 Å². The van der Waals surface area contributed by atoms with Crippen LogP contribution in [-0.2, 0) is 49.3 Å². The van der Waals surface area contributed by atoms with E-state index in [1.807, 2.05) is 0 Å². The number of nitrogens with zero attached hydrogens (tertiary/aromatic N) is 10. The molecule has 0 bridgehead atoms. The molecular formula is C60H91N15O17Si2. The fourth-order valence-corrected chi connectivity index (χ4v) is 18.8. The standard InChI is InChI=1S/C26H39N5O7Si.C21H35N5O4Si.C13H17N5O6/c1-8-13-30-19-21(28-24(27)29-22(19)34-14-18-16(7)35-26(33)37-18)31(25(30)32)23-20(15(6)17(9-2)36-23)38-39(10-3,11-4)12-5;1-7-12-25-15-17(23-20(22)24-18(15)27)26(21(25)28)19-16(13(6)14(8-2)29-19)30-31(9-3,10-4)11-5;1-2-3-17-6-9(15-12(14)16-10(6)22)18(13(17)23)11-8(21)7(20)5(4-19)24-11/h8,15,17,20,23H,1,9-14H2,2-7H3,(H2,27,28,29);7,13-14,16,19H,1,8-12H2,2-6H3,(H3,22,23,24,27);2,5,7-8,11,19-21H,1,3-4H2,(H3,14,15,16,22)/t15-,17-,20?,23-;13-,14-,16?,19-;5-,7-,8-,11-/m111/s1. The first-order valence-corrected chi connectivity index (χ1v) is 37.0. The van der Waals surface area contributed by atoms with E-state index in [4.69, 9.17) is 53.8 Å². The molecule has 0 spiro atoms. The second-order valence-corrected chi connectivity index (χ2v) is 33.2. The molecule has 0 aliphatic carbocycles. The number of allylic oxidation sites excluding steroid dienone is 3. The van der Waals surface area contributed by atoms with Gasteiger partial charge in [0.15, 0.2) is 86.9 Å². The predicted molar refractivity (Wildman–Crippen MR) is 355 cm³/mol. The summed E-state index contributed by atoms with van der Waals surface area (Å²) in [5, 5.41) is 29.2. The van der Waals surface area contributed by atoms with E-state index in [0.717, 1.165) is 58.2 Å². The molecule has 516 valence electrons. The first-order chi connectivity index (χ1) is 44.8. The van der Waals surface area contributed by atoms with Gasteiger partial charge in [0.2, 0.25) is 23.7 Å². The van der Waals surface area contributed by atoms with Gasteiger partial charge in [0, 0.05) is 31.5 Å². The maximum Gasteiger partial charge on any atom is 0.519 e. The zero-order chi connectivity index (χ0) is 69.0. The van der Waals surface area contributed by atoms with Gasteiger partial charge in [-0.1, -0.05) is 87.5 Å². The van der Waals surface area contributed by atoms with Crippen molar-refractivity contribution in [1.82, 2.24) is 57.3 Å². The largest absolute Gasteiger partial charge is 0.519 e. The number of aromatic nitrogens is 12. The van der Waals surface area contributed by atoms with Crippen LogP contribution in [0.2, 0.25) is 36.3 Å². The Bertz CT molecular complexity index is 4210. The second kappa shape index (κ2) is 29.9. The quantitative estimate of drug-likeness (QED) is 0.0291. The number of rotatable bonds is 25. The number of hydrogen-bond acceptors (Lipinski definition) is 24. The first kappa shape index (κ1) is 72.0. The van der Waals surface area contributed by atoms with Gasteiger partial charge >= 0.3 is 22.9 Å². The van der Waals surface area contributed by atoms with E-state index in [0.29, 0.717) is 5.52 Å². The molecule has 7 aromatic heterocycles. The summed E-state index contributed by atoms with van der Waals surface area (Å²) in [6, 6.07) is 5.88. The maximum atomic E-state index is 14.0. The Labute approximate surface area is 541 Å². The van der Waals surface area contributed by atoms with Gasteiger partial charge in [-0.15, -0.1) is 19.7 Å². The normalized spacial score (nSPS) is 23.8. The van der Waals surface area contributed by atoms with Crippen molar-refractivity contribution in [3.05, 3.63) is 112 Å². The summed E-state index contributed by atoms with van der Waals surface area (Å²) in [7, 11) is -4.04. The molecular weight excluding hydrogens is 1260 g/mol. The van der Waals surface area contributed by atoms with Crippen LogP contribution in [-0.4, -0.2) is 139 Å². The van der Waals surface area contributed by atoms with Gasteiger partial charge in [-0.2, -0.15) is 19.9 Å². The lowest BCUT2D eigenvalue weighted by atomic mass is 9.99. The Kier molecular flexibility index (Phi) is 22.9. The van der Waals surface area contributed by atoms with Crippen LogP contribution in [0.25, 0.3) is 33.5 Å².